The maximum absolute atomic E-state index is 12.0. The first-order chi connectivity index (χ1) is 10.1. The van der Waals surface area contributed by atoms with Gasteiger partial charge in [-0.2, -0.15) is 0 Å². The molecule has 1 aliphatic rings. The van der Waals surface area contributed by atoms with Crippen LogP contribution in [0.25, 0.3) is 0 Å². The van der Waals surface area contributed by atoms with E-state index >= 15 is 0 Å². The van der Waals surface area contributed by atoms with Crippen molar-refractivity contribution >= 4 is 0 Å². The molecule has 1 saturated carbocycles. The second-order valence-electron chi connectivity index (χ2n) is 5.59. The molecule has 1 atom stereocenters. The zero-order valence-electron chi connectivity index (χ0n) is 12.1. The van der Waals surface area contributed by atoms with Gasteiger partial charge in [0.05, 0.1) is 6.10 Å². The zero-order valence-corrected chi connectivity index (χ0v) is 12.1. The number of aliphatic hydroxyl groups is 1. The third kappa shape index (κ3) is 5.59. The minimum absolute atomic E-state index is 0.277. The molecule has 21 heavy (non-hydrogen) atoms. The van der Waals surface area contributed by atoms with Gasteiger partial charge in [0.15, 0.2) is 0 Å². The lowest BCUT2D eigenvalue weighted by atomic mass is 10.0. The van der Waals surface area contributed by atoms with Crippen LogP contribution in [0, 0.1) is 5.92 Å². The Hall–Kier alpha value is -1.20. The minimum Gasteiger partial charge on any atom is -0.488 e. The van der Waals surface area contributed by atoms with Gasteiger partial charge in [-0.05, 0) is 36.5 Å². The van der Waals surface area contributed by atoms with E-state index in [0.29, 0.717) is 24.8 Å². The molecule has 0 aliphatic heterocycles. The van der Waals surface area contributed by atoms with Gasteiger partial charge in [0.25, 0.3) is 6.43 Å². The maximum Gasteiger partial charge on any atom is 0.272 e. The molecule has 1 unspecified atom stereocenters. The number of halogens is 2. The number of hydrogen-bond donors (Lipinski definition) is 2. The molecule has 0 heterocycles. The van der Waals surface area contributed by atoms with Crippen LogP contribution in [0.4, 0.5) is 8.78 Å². The van der Waals surface area contributed by atoms with E-state index < -0.39 is 13.0 Å². The van der Waals surface area contributed by atoms with Gasteiger partial charge in [-0.15, -0.1) is 0 Å². The van der Waals surface area contributed by atoms with Crippen molar-refractivity contribution < 1.29 is 18.6 Å². The minimum atomic E-state index is -2.46. The van der Waals surface area contributed by atoms with Crippen LogP contribution < -0.4 is 10.1 Å². The third-order valence-corrected chi connectivity index (χ3v) is 3.93. The van der Waals surface area contributed by atoms with Crippen molar-refractivity contribution in [3.8, 4) is 5.75 Å². The molecule has 1 aromatic rings. The average molecular weight is 299 g/mol. The summed E-state index contributed by atoms with van der Waals surface area (Å²) in [5, 5.41) is 13.3. The molecule has 0 amide bonds. The molecule has 5 heteroatoms. The van der Waals surface area contributed by atoms with Crippen molar-refractivity contribution in [1.29, 1.82) is 0 Å². The van der Waals surface area contributed by atoms with Crippen LogP contribution in [0.1, 0.15) is 31.2 Å². The zero-order chi connectivity index (χ0) is 15.1. The summed E-state index contributed by atoms with van der Waals surface area (Å²) < 4.78 is 28.9. The van der Waals surface area contributed by atoms with Crippen LogP contribution in [-0.2, 0) is 6.54 Å². The van der Waals surface area contributed by atoms with E-state index in [-0.39, 0.29) is 6.10 Å². The Morgan fingerprint density at radius 3 is 2.48 bits per heavy atom. The summed E-state index contributed by atoms with van der Waals surface area (Å²) in [6.45, 7) is 0.665. The lowest BCUT2D eigenvalue weighted by Gasteiger charge is -2.18. The van der Waals surface area contributed by atoms with Crippen molar-refractivity contribution in [2.24, 2.45) is 5.92 Å². The normalized spacial score (nSPS) is 17.3. The lowest BCUT2D eigenvalue weighted by molar-refractivity contribution is 0.0819. The molecule has 0 radical (unpaired) electrons. The summed E-state index contributed by atoms with van der Waals surface area (Å²) in [5.74, 6) is 0.882. The van der Waals surface area contributed by atoms with Gasteiger partial charge in [-0.25, -0.2) is 8.78 Å². The van der Waals surface area contributed by atoms with Gasteiger partial charge in [0.2, 0.25) is 0 Å². The summed E-state index contributed by atoms with van der Waals surface area (Å²) in [6.07, 6.45) is 1.96. The van der Waals surface area contributed by atoms with Crippen molar-refractivity contribution in [3.05, 3.63) is 29.8 Å². The van der Waals surface area contributed by atoms with Crippen LogP contribution >= 0.6 is 0 Å². The molecule has 2 N–H and O–H groups in total. The fourth-order valence-electron chi connectivity index (χ4n) is 2.74. The van der Waals surface area contributed by atoms with Crippen molar-refractivity contribution in [2.45, 2.75) is 44.8 Å². The predicted octanol–water partition coefficient (Wildman–Crippen LogP) is 2.97. The molecule has 1 aromatic carbocycles. The van der Waals surface area contributed by atoms with Gasteiger partial charge in [0, 0.05) is 13.1 Å². The first-order valence-electron chi connectivity index (χ1n) is 7.54. The highest BCUT2D eigenvalue weighted by Gasteiger charge is 2.22. The molecule has 0 bridgehead atoms. The number of ether oxygens (including phenoxy) is 1. The Bertz CT molecular complexity index is 405. The van der Waals surface area contributed by atoms with E-state index in [0.717, 1.165) is 18.4 Å². The Kier molecular flexibility index (Phi) is 6.39. The van der Waals surface area contributed by atoms with Crippen molar-refractivity contribution in [3.63, 3.8) is 0 Å². The number of hydrogen-bond acceptors (Lipinski definition) is 3. The number of benzene rings is 1. The number of aliphatic hydroxyl groups excluding tert-OH is 1. The molecule has 118 valence electrons. The summed E-state index contributed by atoms with van der Waals surface area (Å²) >= 11 is 0. The Morgan fingerprint density at radius 1 is 1.19 bits per heavy atom. The summed E-state index contributed by atoms with van der Waals surface area (Å²) in [4.78, 5) is 0. The SMILES string of the molecule is OC(CNCc1ccc(OCC(F)F)cc1)C1CCCC1. The lowest BCUT2D eigenvalue weighted by Crippen LogP contribution is -2.31. The maximum atomic E-state index is 12.0. The van der Waals surface area contributed by atoms with Gasteiger partial charge in [-0.3, -0.25) is 0 Å². The molecule has 2 rings (SSSR count). The van der Waals surface area contributed by atoms with E-state index in [9.17, 15) is 13.9 Å². The molecule has 1 fully saturated rings. The highest BCUT2D eigenvalue weighted by Crippen LogP contribution is 2.27. The fraction of sp³-hybridized carbons (Fsp3) is 0.625. The number of alkyl halides is 2. The third-order valence-electron chi connectivity index (χ3n) is 3.93. The highest BCUT2D eigenvalue weighted by atomic mass is 19.3. The Labute approximate surface area is 124 Å². The van der Waals surface area contributed by atoms with Crippen LogP contribution in [0.5, 0.6) is 5.75 Å². The molecule has 0 saturated heterocycles. The second-order valence-corrected chi connectivity index (χ2v) is 5.59. The topological polar surface area (TPSA) is 41.5 Å². The molecular weight excluding hydrogens is 276 g/mol. The van der Waals surface area contributed by atoms with E-state index in [4.69, 9.17) is 4.74 Å². The Balaban J connectivity index is 1.68. The first kappa shape index (κ1) is 16.2. The number of nitrogens with one attached hydrogen (secondary N) is 1. The highest BCUT2D eigenvalue weighted by molar-refractivity contribution is 5.27. The number of rotatable bonds is 8. The smallest absolute Gasteiger partial charge is 0.272 e. The summed E-state index contributed by atoms with van der Waals surface area (Å²) in [5.41, 5.74) is 1.04. The van der Waals surface area contributed by atoms with Gasteiger partial charge in [0.1, 0.15) is 12.4 Å². The molecular formula is C16H23F2NO2. The quantitative estimate of drug-likeness (QED) is 0.775. The second kappa shape index (κ2) is 8.29. The van der Waals surface area contributed by atoms with Crippen LogP contribution in [0.2, 0.25) is 0 Å². The van der Waals surface area contributed by atoms with Gasteiger partial charge in [-0.1, -0.05) is 25.0 Å². The van der Waals surface area contributed by atoms with Gasteiger partial charge < -0.3 is 15.2 Å². The van der Waals surface area contributed by atoms with E-state index in [1.165, 1.54) is 12.8 Å². The van der Waals surface area contributed by atoms with E-state index in [1.807, 2.05) is 12.1 Å². The van der Waals surface area contributed by atoms with Crippen molar-refractivity contribution in [1.82, 2.24) is 5.32 Å². The molecule has 3 nitrogen and oxygen atoms in total. The van der Waals surface area contributed by atoms with E-state index in [1.54, 1.807) is 12.1 Å². The van der Waals surface area contributed by atoms with Crippen LogP contribution in [-0.4, -0.2) is 30.8 Å². The van der Waals surface area contributed by atoms with Crippen LogP contribution in [0.3, 0.4) is 0 Å². The average Bonchev–Trinajstić information content (AvgIpc) is 3.00. The van der Waals surface area contributed by atoms with E-state index in [2.05, 4.69) is 5.32 Å². The Morgan fingerprint density at radius 2 is 1.86 bits per heavy atom. The van der Waals surface area contributed by atoms with Crippen LogP contribution in [0.15, 0.2) is 24.3 Å². The van der Waals surface area contributed by atoms with Crippen molar-refractivity contribution in [2.75, 3.05) is 13.2 Å². The first-order valence-corrected chi connectivity index (χ1v) is 7.54. The molecule has 0 spiro atoms. The summed E-state index contributed by atoms with van der Waals surface area (Å²) in [7, 11) is 0. The molecule has 1 aliphatic carbocycles. The van der Waals surface area contributed by atoms with Gasteiger partial charge >= 0.3 is 0 Å². The predicted molar refractivity (Wildman–Crippen MR) is 77.6 cm³/mol. The summed E-state index contributed by atoms with van der Waals surface area (Å²) in [6, 6.07) is 7.06. The monoisotopic (exact) mass is 299 g/mol. The molecule has 0 aromatic heterocycles. The standard InChI is InChI=1S/C16H23F2NO2/c17-16(18)11-21-14-7-5-12(6-8-14)9-19-10-15(20)13-3-1-2-4-13/h5-8,13,15-16,19-20H,1-4,9-11H2. The largest absolute Gasteiger partial charge is 0.488 e. The fourth-order valence-corrected chi connectivity index (χ4v) is 2.74.